The third kappa shape index (κ3) is 4.71. The molecular formula is C17H26ClN3O2S. The first-order valence-electron chi connectivity index (χ1n) is 8.42. The predicted molar refractivity (Wildman–Crippen MR) is 98.4 cm³/mol. The lowest BCUT2D eigenvalue weighted by molar-refractivity contribution is -0.132. The van der Waals surface area contributed by atoms with Crippen LogP contribution in [0.1, 0.15) is 37.1 Å². The van der Waals surface area contributed by atoms with Gasteiger partial charge in [-0.25, -0.2) is 0 Å². The number of halogens is 1. The lowest BCUT2D eigenvalue weighted by Gasteiger charge is -2.24. The zero-order valence-corrected chi connectivity index (χ0v) is 15.6. The van der Waals surface area contributed by atoms with Crippen LogP contribution in [0.3, 0.4) is 0 Å². The molecule has 0 aromatic carbocycles. The molecule has 0 bridgehead atoms. The Balaban J connectivity index is 0.00000208. The summed E-state index contributed by atoms with van der Waals surface area (Å²) in [5, 5.41) is 8.36. The molecule has 0 radical (unpaired) electrons. The van der Waals surface area contributed by atoms with E-state index in [9.17, 15) is 9.59 Å². The second-order valence-electron chi connectivity index (χ2n) is 6.61. The molecule has 2 N–H and O–H groups in total. The van der Waals surface area contributed by atoms with Crippen molar-refractivity contribution < 1.29 is 9.59 Å². The first kappa shape index (κ1) is 19.2. The summed E-state index contributed by atoms with van der Waals surface area (Å²) < 4.78 is 0. The van der Waals surface area contributed by atoms with E-state index >= 15 is 0 Å². The van der Waals surface area contributed by atoms with Crippen molar-refractivity contribution in [1.29, 1.82) is 0 Å². The summed E-state index contributed by atoms with van der Waals surface area (Å²) >= 11 is 1.59. The van der Waals surface area contributed by atoms with E-state index in [1.807, 2.05) is 22.4 Å². The van der Waals surface area contributed by atoms with Crippen LogP contribution in [0.25, 0.3) is 0 Å². The summed E-state index contributed by atoms with van der Waals surface area (Å²) in [7, 11) is 0. The fourth-order valence-electron chi connectivity index (χ4n) is 3.73. The van der Waals surface area contributed by atoms with Gasteiger partial charge in [-0.15, -0.1) is 23.7 Å². The summed E-state index contributed by atoms with van der Waals surface area (Å²) in [6, 6.07) is 3.74. The molecule has 5 nitrogen and oxygen atoms in total. The Kier molecular flexibility index (Phi) is 7.07. The van der Waals surface area contributed by atoms with Crippen molar-refractivity contribution in [2.75, 3.05) is 26.2 Å². The quantitative estimate of drug-likeness (QED) is 0.852. The molecule has 3 rings (SSSR count). The summed E-state index contributed by atoms with van der Waals surface area (Å²) in [4.78, 5) is 27.2. The van der Waals surface area contributed by atoms with Gasteiger partial charge in [0.1, 0.15) is 0 Å². The summed E-state index contributed by atoms with van der Waals surface area (Å²) in [6.45, 7) is 5.38. The maximum Gasteiger partial charge on any atom is 0.225 e. The van der Waals surface area contributed by atoms with E-state index in [1.54, 1.807) is 11.3 Å². The van der Waals surface area contributed by atoms with Gasteiger partial charge in [0.25, 0.3) is 0 Å². The van der Waals surface area contributed by atoms with Crippen LogP contribution in [0.4, 0.5) is 0 Å². The number of likely N-dealkylation sites (tertiary alicyclic amines) is 1. The van der Waals surface area contributed by atoms with Crippen LogP contribution >= 0.6 is 23.7 Å². The molecule has 1 aromatic rings. The van der Waals surface area contributed by atoms with E-state index < -0.39 is 0 Å². The maximum absolute atomic E-state index is 12.7. The maximum atomic E-state index is 12.7. The molecule has 1 unspecified atom stereocenters. The number of rotatable bonds is 4. The van der Waals surface area contributed by atoms with Crippen LogP contribution < -0.4 is 10.6 Å². The van der Waals surface area contributed by atoms with Gasteiger partial charge in [-0.05, 0) is 49.2 Å². The number of fused-ring (bicyclic) bond motifs is 1. The molecular weight excluding hydrogens is 346 g/mol. The van der Waals surface area contributed by atoms with Crippen LogP contribution in [-0.4, -0.2) is 42.9 Å². The van der Waals surface area contributed by atoms with Crippen molar-refractivity contribution in [3.05, 3.63) is 22.4 Å². The van der Waals surface area contributed by atoms with E-state index in [0.29, 0.717) is 6.42 Å². The topological polar surface area (TPSA) is 61.4 Å². The van der Waals surface area contributed by atoms with Gasteiger partial charge >= 0.3 is 0 Å². The predicted octanol–water partition coefficient (Wildman–Crippen LogP) is 2.20. The first-order valence-corrected chi connectivity index (χ1v) is 9.30. The van der Waals surface area contributed by atoms with Gasteiger partial charge in [0, 0.05) is 24.9 Å². The van der Waals surface area contributed by atoms with Crippen LogP contribution in [-0.2, 0) is 9.59 Å². The minimum absolute atomic E-state index is 0. The van der Waals surface area contributed by atoms with Gasteiger partial charge in [-0.2, -0.15) is 0 Å². The minimum Gasteiger partial charge on any atom is -0.348 e. The Labute approximate surface area is 153 Å². The molecule has 0 aliphatic carbocycles. The molecule has 24 heavy (non-hydrogen) atoms. The van der Waals surface area contributed by atoms with E-state index in [2.05, 4.69) is 10.6 Å². The van der Waals surface area contributed by atoms with Crippen molar-refractivity contribution in [3.63, 3.8) is 0 Å². The molecule has 2 aliphatic rings. The third-order valence-corrected chi connectivity index (χ3v) is 6.00. The normalized spacial score (nSPS) is 24.5. The number of hydrogen-bond acceptors (Lipinski definition) is 4. The van der Waals surface area contributed by atoms with E-state index in [4.69, 9.17) is 0 Å². The van der Waals surface area contributed by atoms with Crippen molar-refractivity contribution in [3.8, 4) is 0 Å². The second-order valence-corrected chi connectivity index (χ2v) is 7.59. The highest BCUT2D eigenvalue weighted by Crippen LogP contribution is 2.28. The molecule has 1 aromatic heterocycles. The van der Waals surface area contributed by atoms with Crippen molar-refractivity contribution in [2.24, 2.45) is 11.8 Å². The molecule has 134 valence electrons. The third-order valence-electron chi connectivity index (χ3n) is 5.01. The van der Waals surface area contributed by atoms with Gasteiger partial charge in [0.2, 0.25) is 11.8 Å². The monoisotopic (exact) mass is 371 g/mol. The zero-order chi connectivity index (χ0) is 16.2. The molecule has 2 fully saturated rings. The van der Waals surface area contributed by atoms with Crippen molar-refractivity contribution in [1.82, 2.24) is 15.5 Å². The largest absolute Gasteiger partial charge is 0.348 e. The number of nitrogens with zero attached hydrogens (tertiary/aromatic N) is 1. The highest BCUT2D eigenvalue weighted by molar-refractivity contribution is 7.10. The second kappa shape index (κ2) is 8.83. The van der Waals surface area contributed by atoms with Crippen LogP contribution in [0, 0.1) is 11.8 Å². The molecule has 3 atom stereocenters. The summed E-state index contributed by atoms with van der Waals surface area (Å²) in [5.41, 5.74) is 0. The SMILES string of the molecule is CC(=O)NC(CC(=O)N1CC[C@@H]2CNC[C@@H]2CC1)c1cccs1.Cl. The van der Waals surface area contributed by atoms with Crippen molar-refractivity contribution >= 4 is 35.6 Å². The van der Waals surface area contributed by atoms with Gasteiger partial charge in [0.05, 0.1) is 12.5 Å². The minimum atomic E-state index is -0.204. The number of thiophene rings is 1. The number of hydrogen-bond donors (Lipinski definition) is 2. The molecule has 2 amide bonds. The van der Waals surface area contributed by atoms with E-state index in [0.717, 1.165) is 55.7 Å². The number of carbonyl (C=O) groups is 2. The molecule has 0 saturated carbocycles. The average Bonchev–Trinajstić information content (AvgIpc) is 3.15. The van der Waals surface area contributed by atoms with Crippen LogP contribution in [0.2, 0.25) is 0 Å². The standard InChI is InChI=1S/C17H25N3O2S.ClH/c1-12(21)19-15(16-3-2-8-23-16)9-17(22)20-6-4-13-10-18-11-14(13)5-7-20;/h2-3,8,13-15,18H,4-7,9-11H2,1H3,(H,19,21);1H/t13-,14+,15?;. The Morgan fingerprint density at radius 1 is 1.33 bits per heavy atom. The molecule has 2 aliphatic heterocycles. The number of carbonyl (C=O) groups excluding carboxylic acids is 2. The lowest BCUT2D eigenvalue weighted by Crippen LogP contribution is -2.36. The smallest absolute Gasteiger partial charge is 0.225 e. The van der Waals surface area contributed by atoms with Crippen molar-refractivity contribution in [2.45, 2.75) is 32.2 Å². The Morgan fingerprint density at radius 2 is 2.00 bits per heavy atom. The van der Waals surface area contributed by atoms with Crippen LogP contribution in [0.5, 0.6) is 0 Å². The van der Waals surface area contributed by atoms with E-state index in [-0.39, 0.29) is 30.3 Å². The Bertz CT molecular complexity index is 538. The highest BCUT2D eigenvalue weighted by Gasteiger charge is 2.32. The van der Waals surface area contributed by atoms with Gasteiger partial charge in [-0.1, -0.05) is 6.07 Å². The fraction of sp³-hybridized carbons (Fsp3) is 0.647. The van der Waals surface area contributed by atoms with E-state index in [1.165, 1.54) is 6.92 Å². The van der Waals surface area contributed by atoms with Gasteiger partial charge < -0.3 is 15.5 Å². The average molecular weight is 372 g/mol. The first-order chi connectivity index (χ1) is 11.1. The molecule has 0 spiro atoms. The number of amides is 2. The summed E-state index contributed by atoms with van der Waals surface area (Å²) in [5.74, 6) is 1.50. The van der Waals surface area contributed by atoms with Gasteiger partial charge in [-0.3, -0.25) is 9.59 Å². The number of nitrogens with one attached hydrogen (secondary N) is 2. The van der Waals surface area contributed by atoms with Crippen LogP contribution in [0.15, 0.2) is 17.5 Å². The Hall–Kier alpha value is -1.11. The molecule has 7 heteroatoms. The lowest BCUT2D eigenvalue weighted by atomic mass is 9.92. The Morgan fingerprint density at radius 3 is 2.54 bits per heavy atom. The fourth-order valence-corrected chi connectivity index (χ4v) is 4.51. The summed E-state index contributed by atoms with van der Waals surface area (Å²) in [6.07, 6.45) is 2.54. The molecule has 2 saturated heterocycles. The zero-order valence-electron chi connectivity index (χ0n) is 14.0. The highest BCUT2D eigenvalue weighted by atomic mass is 35.5. The van der Waals surface area contributed by atoms with Gasteiger partial charge in [0.15, 0.2) is 0 Å². The molecule has 3 heterocycles.